The minimum atomic E-state index is -4.66. The van der Waals surface area contributed by atoms with E-state index in [1.807, 2.05) is 4.90 Å². The highest BCUT2D eigenvalue weighted by Crippen LogP contribution is 2.35. The average Bonchev–Trinajstić information content (AvgIpc) is 2.77. The van der Waals surface area contributed by atoms with Crippen molar-refractivity contribution in [1.29, 1.82) is 0 Å². The molecule has 0 bridgehead atoms. The molecule has 2 atom stereocenters. The van der Waals surface area contributed by atoms with E-state index >= 15 is 0 Å². The lowest BCUT2D eigenvalue weighted by Gasteiger charge is -2.46. The van der Waals surface area contributed by atoms with Crippen LogP contribution in [0.1, 0.15) is 27.8 Å². The number of pyridine rings is 1. The van der Waals surface area contributed by atoms with Crippen LogP contribution in [-0.2, 0) is 10.9 Å². The van der Waals surface area contributed by atoms with E-state index < -0.39 is 34.7 Å². The molecule has 3 heterocycles. The molecular formula is C21H20ClF4N3O3. The van der Waals surface area contributed by atoms with Crippen LogP contribution in [0.3, 0.4) is 0 Å². The Morgan fingerprint density at radius 2 is 2.00 bits per heavy atom. The van der Waals surface area contributed by atoms with Gasteiger partial charge in [-0.2, -0.15) is 13.2 Å². The molecule has 32 heavy (non-hydrogen) atoms. The molecular weight excluding hydrogens is 454 g/mol. The molecule has 2 aliphatic heterocycles. The van der Waals surface area contributed by atoms with Gasteiger partial charge in [-0.1, -0.05) is 17.7 Å². The first-order chi connectivity index (χ1) is 15.2. The third-order valence-electron chi connectivity index (χ3n) is 5.66. The molecule has 11 heteroatoms. The molecule has 0 aliphatic carbocycles. The van der Waals surface area contributed by atoms with Gasteiger partial charge in [0.05, 0.1) is 36.0 Å². The minimum Gasteiger partial charge on any atom is -0.494 e. The van der Waals surface area contributed by atoms with Crippen LogP contribution in [0, 0.1) is 5.82 Å². The number of alkyl halides is 3. The molecule has 1 amide bonds. The van der Waals surface area contributed by atoms with Gasteiger partial charge in [-0.25, -0.2) is 9.37 Å². The van der Waals surface area contributed by atoms with E-state index in [-0.39, 0.29) is 29.7 Å². The molecule has 4 rings (SSSR count). The van der Waals surface area contributed by atoms with Crippen molar-refractivity contribution in [2.75, 3.05) is 39.9 Å². The number of nitrogens with zero attached hydrogens (tertiary/aromatic N) is 3. The van der Waals surface area contributed by atoms with Crippen molar-refractivity contribution in [3.05, 3.63) is 58.1 Å². The summed E-state index contributed by atoms with van der Waals surface area (Å²) in [5.41, 5.74) is -1.06. The lowest BCUT2D eigenvalue weighted by atomic mass is 10.1. The van der Waals surface area contributed by atoms with Gasteiger partial charge in [0.1, 0.15) is 6.10 Å². The zero-order valence-electron chi connectivity index (χ0n) is 17.0. The van der Waals surface area contributed by atoms with Crippen LogP contribution in [0.2, 0.25) is 5.02 Å². The maximum absolute atomic E-state index is 14.5. The third kappa shape index (κ3) is 4.39. The van der Waals surface area contributed by atoms with Crippen LogP contribution >= 0.6 is 11.6 Å². The second kappa shape index (κ2) is 8.84. The largest absolute Gasteiger partial charge is 0.494 e. The summed E-state index contributed by atoms with van der Waals surface area (Å²) in [5.74, 6) is -1.17. The summed E-state index contributed by atoms with van der Waals surface area (Å²) in [4.78, 5) is 20.1. The fourth-order valence-corrected chi connectivity index (χ4v) is 4.20. The van der Waals surface area contributed by atoms with Crippen LogP contribution in [0.15, 0.2) is 30.3 Å². The predicted octanol–water partition coefficient (Wildman–Crippen LogP) is 3.80. The number of morpholine rings is 1. The highest BCUT2D eigenvalue weighted by atomic mass is 35.5. The number of benzene rings is 1. The Morgan fingerprint density at radius 1 is 1.22 bits per heavy atom. The molecule has 0 radical (unpaired) electrons. The molecule has 172 valence electrons. The third-order valence-corrected chi connectivity index (χ3v) is 5.97. The van der Waals surface area contributed by atoms with E-state index in [1.54, 1.807) is 11.0 Å². The Balaban J connectivity index is 1.44. The number of piperazine rings is 1. The zero-order valence-corrected chi connectivity index (χ0v) is 17.8. The molecule has 2 saturated heterocycles. The summed E-state index contributed by atoms with van der Waals surface area (Å²) in [6, 6.07) is 6.83. The number of rotatable bonds is 3. The van der Waals surface area contributed by atoms with E-state index in [1.165, 1.54) is 31.4 Å². The quantitative estimate of drug-likeness (QED) is 0.635. The Bertz CT molecular complexity index is 1020. The highest BCUT2D eigenvalue weighted by Gasteiger charge is 2.39. The minimum absolute atomic E-state index is 0.00739. The number of hydrogen-bond donors (Lipinski definition) is 0. The second-order valence-corrected chi connectivity index (χ2v) is 8.02. The van der Waals surface area contributed by atoms with Gasteiger partial charge < -0.3 is 14.4 Å². The Morgan fingerprint density at radius 3 is 2.72 bits per heavy atom. The van der Waals surface area contributed by atoms with Crippen molar-refractivity contribution < 1.29 is 31.8 Å². The summed E-state index contributed by atoms with van der Waals surface area (Å²) in [7, 11) is 1.33. The summed E-state index contributed by atoms with van der Waals surface area (Å²) < 4.78 is 64.6. The SMILES string of the molecule is COc1cccc(C(=O)N2CCN3C[C@@H](c4ccc(Cl)c(C(F)(F)F)n4)OC[C@@H]3C2)c1F. The van der Waals surface area contributed by atoms with E-state index in [9.17, 15) is 22.4 Å². The van der Waals surface area contributed by atoms with Gasteiger partial charge in [0, 0.05) is 26.2 Å². The Labute approximate surface area is 186 Å². The molecule has 0 spiro atoms. The van der Waals surface area contributed by atoms with Gasteiger partial charge in [-0.3, -0.25) is 9.69 Å². The van der Waals surface area contributed by atoms with Gasteiger partial charge >= 0.3 is 6.18 Å². The van der Waals surface area contributed by atoms with Gasteiger partial charge in [0.2, 0.25) is 0 Å². The van der Waals surface area contributed by atoms with Crippen molar-refractivity contribution in [2.24, 2.45) is 0 Å². The van der Waals surface area contributed by atoms with Crippen LogP contribution < -0.4 is 4.74 Å². The van der Waals surface area contributed by atoms with Crippen LogP contribution in [0.4, 0.5) is 17.6 Å². The number of amides is 1. The van der Waals surface area contributed by atoms with Crippen LogP contribution in [0.25, 0.3) is 0 Å². The smallest absolute Gasteiger partial charge is 0.434 e. The lowest BCUT2D eigenvalue weighted by Crippen LogP contribution is -2.59. The standard InChI is InChI=1S/C21H20ClF4N3O3/c1-31-16-4-2-3-13(18(16)23)20(30)29-8-7-28-10-17(32-11-12(28)9-29)15-6-5-14(22)19(27-15)21(24,25)26/h2-6,12,17H,7-11H2,1H3/t12-,17-/m0/s1. The maximum atomic E-state index is 14.5. The molecule has 1 aromatic heterocycles. The summed E-state index contributed by atoms with van der Waals surface area (Å²) in [6.45, 7) is 1.65. The van der Waals surface area contributed by atoms with E-state index in [0.717, 1.165) is 0 Å². The van der Waals surface area contributed by atoms with Crippen molar-refractivity contribution in [1.82, 2.24) is 14.8 Å². The highest BCUT2D eigenvalue weighted by molar-refractivity contribution is 6.31. The molecule has 2 aromatic rings. The molecule has 6 nitrogen and oxygen atoms in total. The molecule has 2 fully saturated rings. The lowest BCUT2D eigenvalue weighted by molar-refractivity contribution is -0.141. The molecule has 0 unspecified atom stereocenters. The van der Waals surface area contributed by atoms with Crippen molar-refractivity contribution >= 4 is 17.5 Å². The van der Waals surface area contributed by atoms with Crippen molar-refractivity contribution in [3.8, 4) is 5.75 Å². The summed E-state index contributed by atoms with van der Waals surface area (Å²) >= 11 is 5.65. The number of fused-ring (bicyclic) bond motifs is 1. The van der Waals surface area contributed by atoms with E-state index in [0.29, 0.717) is 26.2 Å². The number of ether oxygens (including phenoxy) is 2. The van der Waals surface area contributed by atoms with Crippen molar-refractivity contribution in [3.63, 3.8) is 0 Å². The predicted molar refractivity (Wildman–Crippen MR) is 107 cm³/mol. The van der Waals surface area contributed by atoms with E-state index in [2.05, 4.69) is 4.98 Å². The summed E-state index contributed by atoms with van der Waals surface area (Å²) in [6.07, 6.45) is -5.31. The number of carbonyl (C=O) groups is 1. The monoisotopic (exact) mass is 473 g/mol. The van der Waals surface area contributed by atoms with Crippen molar-refractivity contribution in [2.45, 2.75) is 18.3 Å². The average molecular weight is 474 g/mol. The molecule has 0 saturated carbocycles. The van der Waals surface area contributed by atoms with Crippen LogP contribution in [0.5, 0.6) is 5.75 Å². The van der Waals surface area contributed by atoms with Gasteiger partial charge in [0.25, 0.3) is 5.91 Å². The Hall–Kier alpha value is -2.43. The number of aromatic nitrogens is 1. The first kappa shape index (κ1) is 22.8. The molecule has 1 aromatic carbocycles. The summed E-state index contributed by atoms with van der Waals surface area (Å²) in [5, 5.41) is -0.466. The zero-order chi connectivity index (χ0) is 23.0. The van der Waals surface area contributed by atoms with Gasteiger partial charge in [-0.15, -0.1) is 0 Å². The maximum Gasteiger partial charge on any atom is 0.434 e. The normalized spacial score (nSPS) is 21.9. The number of halogens is 5. The molecule has 2 aliphatic rings. The number of methoxy groups -OCH3 is 1. The topological polar surface area (TPSA) is 54.9 Å². The molecule has 0 N–H and O–H groups in total. The first-order valence-electron chi connectivity index (χ1n) is 9.90. The van der Waals surface area contributed by atoms with Crippen LogP contribution in [-0.4, -0.2) is 66.6 Å². The fraction of sp³-hybridized carbons (Fsp3) is 0.429. The Kier molecular flexibility index (Phi) is 6.28. The second-order valence-electron chi connectivity index (χ2n) is 7.61. The number of carbonyl (C=O) groups excluding carboxylic acids is 1. The fourth-order valence-electron chi connectivity index (χ4n) is 3.99. The van der Waals surface area contributed by atoms with Gasteiger partial charge in [0.15, 0.2) is 17.3 Å². The van der Waals surface area contributed by atoms with E-state index in [4.69, 9.17) is 21.1 Å². The number of hydrogen-bond acceptors (Lipinski definition) is 5. The first-order valence-corrected chi connectivity index (χ1v) is 10.3. The van der Waals surface area contributed by atoms with Gasteiger partial charge in [-0.05, 0) is 24.3 Å².